The zero-order valence-corrected chi connectivity index (χ0v) is 10.7. The van der Waals surface area contributed by atoms with E-state index in [9.17, 15) is 5.11 Å². The predicted molar refractivity (Wildman–Crippen MR) is 67.0 cm³/mol. The summed E-state index contributed by atoms with van der Waals surface area (Å²) in [5, 5.41) is 9.56. The Labute approximate surface area is 98.3 Å². The summed E-state index contributed by atoms with van der Waals surface area (Å²) in [6, 6.07) is 5.94. The van der Waals surface area contributed by atoms with E-state index in [0.29, 0.717) is 5.92 Å². The summed E-state index contributed by atoms with van der Waals surface area (Å²) < 4.78 is 5.70. The molecule has 0 aliphatic carbocycles. The molecule has 0 heterocycles. The molecule has 0 bridgehead atoms. The number of benzene rings is 1. The van der Waals surface area contributed by atoms with Crippen LogP contribution in [0.5, 0.6) is 5.75 Å². The van der Waals surface area contributed by atoms with Crippen LogP contribution >= 0.6 is 0 Å². The Balaban J connectivity index is 2.99. The zero-order valence-electron chi connectivity index (χ0n) is 10.7. The topological polar surface area (TPSA) is 29.5 Å². The maximum atomic E-state index is 9.56. The third kappa shape index (κ3) is 3.24. The summed E-state index contributed by atoms with van der Waals surface area (Å²) in [5.41, 5.74) is 2.12. The minimum Gasteiger partial charge on any atom is -0.493 e. The number of aliphatic hydroxyl groups excluding tert-OH is 1. The van der Waals surface area contributed by atoms with Crippen LogP contribution in [0.1, 0.15) is 57.3 Å². The molecule has 0 aliphatic heterocycles. The molecule has 0 saturated heterocycles. The number of hydrogen-bond acceptors (Lipinski definition) is 2. The van der Waals surface area contributed by atoms with Gasteiger partial charge in [0.2, 0.25) is 0 Å². The Morgan fingerprint density at radius 2 is 1.94 bits per heavy atom. The Hall–Kier alpha value is -1.02. The number of ether oxygens (including phenoxy) is 1. The fraction of sp³-hybridized carbons (Fsp3) is 0.571. The van der Waals surface area contributed by atoms with Crippen LogP contribution in [0.4, 0.5) is 0 Å². The van der Waals surface area contributed by atoms with E-state index < -0.39 is 6.10 Å². The van der Waals surface area contributed by atoms with Crippen molar-refractivity contribution in [1.29, 1.82) is 0 Å². The molecule has 0 aromatic heterocycles. The average molecular weight is 222 g/mol. The molecule has 0 saturated carbocycles. The summed E-state index contributed by atoms with van der Waals surface area (Å²) in [6.45, 7) is 8.90. The van der Waals surface area contributed by atoms with E-state index in [2.05, 4.69) is 20.8 Å². The Kier molecular flexibility index (Phi) is 4.81. The number of rotatable bonds is 5. The summed E-state index contributed by atoms with van der Waals surface area (Å²) in [7, 11) is 0. The molecule has 16 heavy (non-hydrogen) atoms. The minimum absolute atomic E-state index is 0.408. The van der Waals surface area contributed by atoms with Crippen molar-refractivity contribution in [1.82, 2.24) is 0 Å². The summed E-state index contributed by atoms with van der Waals surface area (Å²) in [4.78, 5) is 0. The van der Waals surface area contributed by atoms with E-state index in [0.717, 1.165) is 24.3 Å². The summed E-state index contributed by atoms with van der Waals surface area (Å²) >= 11 is 0. The lowest BCUT2D eigenvalue weighted by atomic mass is 9.98. The second-order valence-corrected chi connectivity index (χ2v) is 4.48. The molecule has 1 atom stereocenters. The van der Waals surface area contributed by atoms with Gasteiger partial charge in [-0.05, 0) is 42.5 Å². The van der Waals surface area contributed by atoms with Gasteiger partial charge in [-0.3, -0.25) is 0 Å². The first-order valence-corrected chi connectivity index (χ1v) is 6.01. The molecule has 2 nitrogen and oxygen atoms in total. The van der Waals surface area contributed by atoms with Gasteiger partial charge in [0, 0.05) is 0 Å². The van der Waals surface area contributed by atoms with Gasteiger partial charge in [-0.1, -0.05) is 26.8 Å². The monoisotopic (exact) mass is 222 g/mol. The molecular weight excluding hydrogens is 200 g/mol. The Morgan fingerprint density at radius 3 is 2.44 bits per heavy atom. The first-order chi connectivity index (χ1) is 7.56. The van der Waals surface area contributed by atoms with Crippen molar-refractivity contribution in [2.45, 2.75) is 46.1 Å². The highest BCUT2D eigenvalue weighted by Crippen LogP contribution is 2.29. The lowest BCUT2D eigenvalue weighted by Crippen LogP contribution is -2.02. The minimum atomic E-state index is -0.419. The SMILES string of the molecule is CCCOc1ccc([C@@H](C)O)cc1C(C)C. The van der Waals surface area contributed by atoms with Crippen LogP contribution in [0.25, 0.3) is 0 Å². The second kappa shape index (κ2) is 5.90. The first kappa shape index (κ1) is 13.0. The predicted octanol–water partition coefficient (Wildman–Crippen LogP) is 3.65. The van der Waals surface area contributed by atoms with E-state index in [-0.39, 0.29) is 0 Å². The van der Waals surface area contributed by atoms with Crippen molar-refractivity contribution < 1.29 is 9.84 Å². The van der Waals surface area contributed by atoms with Crippen LogP contribution in [0.3, 0.4) is 0 Å². The highest BCUT2D eigenvalue weighted by molar-refractivity contribution is 5.40. The van der Waals surface area contributed by atoms with Crippen LogP contribution in [0, 0.1) is 0 Å². The molecule has 1 N–H and O–H groups in total. The largest absolute Gasteiger partial charge is 0.493 e. The van der Waals surface area contributed by atoms with Gasteiger partial charge in [-0.15, -0.1) is 0 Å². The lowest BCUT2D eigenvalue weighted by Gasteiger charge is -2.16. The fourth-order valence-corrected chi connectivity index (χ4v) is 1.62. The second-order valence-electron chi connectivity index (χ2n) is 4.48. The molecule has 1 aromatic rings. The quantitative estimate of drug-likeness (QED) is 0.824. The summed E-state index contributed by atoms with van der Waals surface area (Å²) in [6.07, 6.45) is 0.591. The number of hydrogen-bond donors (Lipinski definition) is 1. The van der Waals surface area contributed by atoms with Gasteiger partial charge in [0.1, 0.15) is 5.75 Å². The number of aliphatic hydroxyl groups is 1. The summed E-state index contributed by atoms with van der Waals surface area (Å²) in [5.74, 6) is 1.35. The first-order valence-electron chi connectivity index (χ1n) is 6.01. The lowest BCUT2D eigenvalue weighted by molar-refractivity contribution is 0.199. The van der Waals surface area contributed by atoms with Crippen LogP contribution < -0.4 is 4.74 Å². The van der Waals surface area contributed by atoms with Crippen molar-refractivity contribution >= 4 is 0 Å². The van der Waals surface area contributed by atoms with Crippen molar-refractivity contribution in [3.05, 3.63) is 29.3 Å². The Bertz CT molecular complexity index is 330. The molecule has 1 aromatic carbocycles. The van der Waals surface area contributed by atoms with Gasteiger partial charge in [-0.2, -0.15) is 0 Å². The third-order valence-corrected chi connectivity index (χ3v) is 2.60. The molecule has 2 heteroatoms. The van der Waals surface area contributed by atoms with E-state index in [1.807, 2.05) is 18.2 Å². The standard InChI is InChI=1S/C14H22O2/c1-5-8-16-14-7-6-12(11(4)15)9-13(14)10(2)3/h6-7,9-11,15H,5,8H2,1-4H3/t11-/m1/s1. The molecule has 1 rings (SSSR count). The average Bonchev–Trinajstić information content (AvgIpc) is 2.25. The highest BCUT2D eigenvalue weighted by Gasteiger charge is 2.10. The molecule has 90 valence electrons. The van der Waals surface area contributed by atoms with Gasteiger partial charge in [-0.25, -0.2) is 0 Å². The van der Waals surface area contributed by atoms with Crippen LogP contribution in [0.15, 0.2) is 18.2 Å². The molecule has 0 amide bonds. The van der Waals surface area contributed by atoms with Gasteiger partial charge in [0.15, 0.2) is 0 Å². The molecule has 0 radical (unpaired) electrons. The van der Waals surface area contributed by atoms with Crippen molar-refractivity contribution in [2.24, 2.45) is 0 Å². The Morgan fingerprint density at radius 1 is 1.25 bits per heavy atom. The normalized spacial score (nSPS) is 12.9. The van der Waals surface area contributed by atoms with Crippen molar-refractivity contribution in [3.8, 4) is 5.75 Å². The van der Waals surface area contributed by atoms with E-state index in [4.69, 9.17) is 4.74 Å². The van der Waals surface area contributed by atoms with Gasteiger partial charge < -0.3 is 9.84 Å². The molecule has 0 unspecified atom stereocenters. The third-order valence-electron chi connectivity index (χ3n) is 2.60. The molecule has 0 spiro atoms. The van der Waals surface area contributed by atoms with E-state index in [1.54, 1.807) is 6.92 Å². The van der Waals surface area contributed by atoms with Crippen molar-refractivity contribution in [2.75, 3.05) is 6.61 Å². The molecular formula is C14H22O2. The van der Waals surface area contributed by atoms with Gasteiger partial charge >= 0.3 is 0 Å². The fourth-order valence-electron chi connectivity index (χ4n) is 1.62. The van der Waals surface area contributed by atoms with Gasteiger partial charge in [0.25, 0.3) is 0 Å². The smallest absolute Gasteiger partial charge is 0.122 e. The molecule has 0 fully saturated rings. The molecule has 0 aliphatic rings. The van der Waals surface area contributed by atoms with E-state index >= 15 is 0 Å². The maximum absolute atomic E-state index is 9.56. The maximum Gasteiger partial charge on any atom is 0.122 e. The van der Waals surface area contributed by atoms with Crippen LogP contribution in [-0.4, -0.2) is 11.7 Å². The van der Waals surface area contributed by atoms with Crippen LogP contribution in [0.2, 0.25) is 0 Å². The zero-order chi connectivity index (χ0) is 12.1. The van der Waals surface area contributed by atoms with Gasteiger partial charge in [0.05, 0.1) is 12.7 Å². The van der Waals surface area contributed by atoms with Crippen LogP contribution in [-0.2, 0) is 0 Å². The van der Waals surface area contributed by atoms with Crippen molar-refractivity contribution in [3.63, 3.8) is 0 Å². The van der Waals surface area contributed by atoms with E-state index in [1.165, 1.54) is 5.56 Å². The highest BCUT2D eigenvalue weighted by atomic mass is 16.5.